The van der Waals surface area contributed by atoms with E-state index < -0.39 is 0 Å². The fraction of sp³-hybridized carbons (Fsp3) is 0.588. The summed E-state index contributed by atoms with van der Waals surface area (Å²) in [6.07, 6.45) is 7.61. The fourth-order valence-corrected chi connectivity index (χ4v) is 7.53. The Labute approximate surface area is 250 Å². The number of nitrogens with one attached hydrogen (secondary N) is 1. The number of amides is 2. The molecular weight excluding hydrogens is 530 g/mol. The minimum atomic E-state index is -0.0796. The van der Waals surface area contributed by atoms with Gasteiger partial charge in [-0.3, -0.25) is 9.69 Å². The van der Waals surface area contributed by atoms with E-state index in [2.05, 4.69) is 36.2 Å². The van der Waals surface area contributed by atoms with Gasteiger partial charge in [-0.15, -0.1) is 0 Å². The zero-order valence-corrected chi connectivity index (χ0v) is 25.9. The third-order valence-corrected chi connectivity index (χ3v) is 9.87. The Hall–Kier alpha value is -3.26. The number of ether oxygens (including phenoxy) is 3. The average Bonchev–Trinajstić information content (AvgIpc) is 3.02. The van der Waals surface area contributed by atoms with Crippen molar-refractivity contribution in [3.8, 4) is 17.2 Å². The van der Waals surface area contributed by atoms with Gasteiger partial charge in [-0.05, 0) is 90.5 Å². The first-order valence-corrected chi connectivity index (χ1v) is 15.6. The van der Waals surface area contributed by atoms with E-state index in [4.69, 9.17) is 14.2 Å². The van der Waals surface area contributed by atoms with Gasteiger partial charge in [0, 0.05) is 32.2 Å². The van der Waals surface area contributed by atoms with Gasteiger partial charge in [-0.25, -0.2) is 4.79 Å². The number of unbranched alkanes of at least 4 members (excludes halogenated alkanes) is 1. The highest BCUT2D eigenvalue weighted by atomic mass is 16.5. The van der Waals surface area contributed by atoms with Crippen molar-refractivity contribution >= 4 is 12.3 Å². The number of methoxy groups -OCH3 is 3. The molecule has 0 aliphatic carbocycles. The van der Waals surface area contributed by atoms with Crippen LogP contribution in [0.25, 0.3) is 0 Å². The van der Waals surface area contributed by atoms with Gasteiger partial charge in [-0.1, -0.05) is 26.7 Å². The summed E-state index contributed by atoms with van der Waals surface area (Å²) >= 11 is 0. The summed E-state index contributed by atoms with van der Waals surface area (Å²) in [7, 11) is 5.00. The number of rotatable bonds is 10. The van der Waals surface area contributed by atoms with Crippen LogP contribution in [-0.2, 0) is 12.8 Å². The van der Waals surface area contributed by atoms with Crippen LogP contribution in [-0.4, -0.2) is 69.6 Å². The number of urea groups is 1. The van der Waals surface area contributed by atoms with Gasteiger partial charge in [0.25, 0.3) is 0 Å². The van der Waals surface area contributed by atoms with E-state index >= 15 is 0 Å². The van der Waals surface area contributed by atoms with Crippen LogP contribution in [0.5, 0.6) is 17.2 Å². The Morgan fingerprint density at radius 3 is 2.31 bits per heavy atom. The van der Waals surface area contributed by atoms with Crippen LogP contribution in [0.1, 0.15) is 90.6 Å². The van der Waals surface area contributed by atoms with Crippen molar-refractivity contribution in [3.05, 3.63) is 52.1 Å². The Bertz CT molecular complexity index is 1280. The van der Waals surface area contributed by atoms with Crippen molar-refractivity contribution in [1.29, 1.82) is 0 Å². The van der Waals surface area contributed by atoms with Gasteiger partial charge in [-0.2, -0.15) is 0 Å². The molecule has 3 aliphatic heterocycles. The first kappa shape index (κ1) is 30.2. The van der Waals surface area contributed by atoms with E-state index in [1.807, 2.05) is 17.0 Å². The number of carbonyl (C=O) groups excluding carboxylic acids is 2. The summed E-state index contributed by atoms with van der Waals surface area (Å²) < 4.78 is 16.9. The second-order valence-corrected chi connectivity index (χ2v) is 12.0. The number of benzene rings is 2. The molecule has 0 saturated carbocycles. The van der Waals surface area contributed by atoms with Crippen LogP contribution < -0.4 is 19.5 Å². The molecule has 0 radical (unpaired) electrons. The predicted molar refractivity (Wildman–Crippen MR) is 164 cm³/mol. The molecule has 1 N–H and O–H groups in total. The summed E-state index contributed by atoms with van der Waals surface area (Å²) in [5.41, 5.74) is 5.51. The second-order valence-electron chi connectivity index (χ2n) is 12.0. The molecule has 0 aromatic heterocycles. The number of hydrogen-bond acceptors (Lipinski definition) is 6. The molecule has 8 nitrogen and oxygen atoms in total. The summed E-state index contributed by atoms with van der Waals surface area (Å²) in [5.74, 6) is 3.10. The lowest BCUT2D eigenvalue weighted by molar-refractivity contribution is 0.0351. The lowest BCUT2D eigenvalue weighted by Crippen LogP contribution is -2.49. The normalized spacial score (nSPS) is 23.3. The highest BCUT2D eigenvalue weighted by molar-refractivity contribution is 5.81. The zero-order chi connectivity index (χ0) is 29.8. The van der Waals surface area contributed by atoms with Crippen molar-refractivity contribution in [2.24, 2.45) is 11.8 Å². The maximum absolute atomic E-state index is 13.6. The predicted octanol–water partition coefficient (Wildman–Crippen LogP) is 5.97. The molecule has 1 saturated heterocycles. The standard InChI is InChI=1S/C34H47N3O5/c1-6-8-11-35-34(39)37-13-10-23-14-26(21-38)31(40-3)18-28(23)30(37)16-25-15-29-27-19-33(42-5)32(41-4)17-24(27)9-12-36(29)20-22(25)7-2/h14,17-19,21-22,25,29-30H,6-13,15-16,20H2,1-5H3,(H,35,39). The Balaban J connectivity index is 1.49. The highest BCUT2D eigenvalue weighted by Crippen LogP contribution is 2.48. The smallest absolute Gasteiger partial charge is 0.317 e. The molecule has 4 atom stereocenters. The van der Waals surface area contributed by atoms with E-state index in [0.29, 0.717) is 42.3 Å². The van der Waals surface area contributed by atoms with E-state index in [9.17, 15) is 9.59 Å². The zero-order valence-electron chi connectivity index (χ0n) is 25.9. The molecule has 3 heterocycles. The van der Waals surface area contributed by atoms with Crippen molar-refractivity contribution < 1.29 is 23.8 Å². The molecule has 0 spiro atoms. The molecule has 0 bridgehead atoms. The van der Waals surface area contributed by atoms with Gasteiger partial charge < -0.3 is 24.4 Å². The first-order chi connectivity index (χ1) is 20.5. The molecule has 2 amide bonds. The lowest BCUT2D eigenvalue weighted by Gasteiger charge is -2.49. The maximum Gasteiger partial charge on any atom is 0.317 e. The fourth-order valence-electron chi connectivity index (χ4n) is 7.53. The molecule has 42 heavy (non-hydrogen) atoms. The van der Waals surface area contributed by atoms with Crippen LogP contribution in [0.3, 0.4) is 0 Å². The van der Waals surface area contributed by atoms with E-state index in [-0.39, 0.29) is 12.1 Å². The molecule has 3 aliphatic rings. The van der Waals surface area contributed by atoms with Crippen molar-refractivity contribution in [2.45, 2.75) is 70.9 Å². The molecular formula is C34H47N3O5. The van der Waals surface area contributed by atoms with Gasteiger partial charge in [0.05, 0.1) is 32.9 Å². The Morgan fingerprint density at radius 1 is 0.929 bits per heavy atom. The number of carbonyl (C=O) groups is 2. The molecule has 2 aromatic carbocycles. The highest BCUT2D eigenvalue weighted by Gasteiger charge is 2.42. The largest absolute Gasteiger partial charge is 0.496 e. The summed E-state index contributed by atoms with van der Waals surface area (Å²) in [6, 6.07) is 8.55. The lowest BCUT2D eigenvalue weighted by atomic mass is 9.72. The van der Waals surface area contributed by atoms with Crippen molar-refractivity contribution in [1.82, 2.24) is 15.1 Å². The minimum Gasteiger partial charge on any atom is -0.496 e. The molecule has 4 unspecified atom stereocenters. The Morgan fingerprint density at radius 2 is 1.62 bits per heavy atom. The van der Waals surface area contributed by atoms with E-state index in [1.54, 1.807) is 21.3 Å². The van der Waals surface area contributed by atoms with Crippen LogP contribution in [0.15, 0.2) is 24.3 Å². The first-order valence-electron chi connectivity index (χ1n) is 15.6. The summed E-state index contributed by atoms with van der Waals surface area (Å²) in [4.78, 5) is 30.1. The van der Waals surface area contributed by atoms with E-state index in [0.717, 1.165) is 86.9 Å². The molecule has 228 valence electrons. The van der Waals surface area contributed by atoms with Crippen LogP contribution in [0, 0.1) is 11.8 Å². The average molecular weight is 578 g/mol. The minimum absolute atomic E-state index is 0.00265. The second kappa shape index (κ2) is 13.4. The quantitative estimate of drug-likeness (QED) is 0.277. The van der Waals surface area contributed by atoms with Gasteiger partial charge in [0.2, 0.25) is 0 Å². The van der Waals surface area contributed by atoms with Gasteiger partial charge in [0.15, 0.2) is 17.8 Å². The Kier molecular flexibility index (Phi) is 9.61. The molecule has 2 aromatic rings. The molecule has 5 rings (SSSR count). The third kappa shape index (κ3) is 5.83. The van der Waals surface area contributed by atoms with Crippen molar-refractivity contribution in [2.75, 3.05) is 47.5 Å². The van der Waals surface area contributed by atoms with Gasteiger partial charge >= 0.3 is 6.03 Å². The van der Waals surface area contributed by atoms with Crippen LogP contribution in [0.2, 0.25) is 0 Å². The van der Waals surface area contributed by atoms with Gasteiger partial charge in [0.1, 0.15) is 5.75 Å². The van der Waals surface area contributed by atoms with Crippen LogP contribution >= 0.6 is 0 Å². The van der Waals surface area contributed by atoms with Crippen molar-refractivity contribution in [3.63, 3.8) is 0 Å². The molecule has 1 fully saturated rings. The number of aldehydes is 1. The number of hydrogen-bond donors (Lipinski definition) is 1. The topological polar surface area (TPSA) is 80.3 Å². The third-order valence-electron chi connectivity index (χ3n) is 9.87. The number of fused-ring (bicyclic) bond motifs is 4. The number of nitrogens with zero attached hydrogens (tertiary/aromatic N) is 2. The molecule has 8 heteroatoms. The SMILES string of the molecule is CCCCNC(=O)N1CCc2cc(C=O)c(OC)cc2C1CC1CC2c3cc(OC)c(OC)cc3CCN2CC1CC. The number of piperidine rings is 1. The summed E-state index contributed by atoms with van der Waals surface area (Å²) in [6.45, 7) is 7.84. The maximum atomic E-state index is 13.6. The summed E-state index contributed by atoms with van der Waals surface area (Å²) in [5, 5.41) is 3.18. The monoisotopic (exact) mass is 577 g/mol. The van der Waals surface area contributed by atoms with E-state index in [1.165, 1.54) is 11.1 Å². The van der Waals surface area contributed by atoms with Crippen LogP contribution in [0.4, 0.5) is 4.79 Å².